The van der Waals surface area contributed by atoms with Crippen molar-refractivity contribution >= 4 is 11.6 Å². The third-order valence-corrected chi connectivity index (χ3v) is 3.51. The summed E-state index contributed by atoms with van der Waals surface area (Å²) in [4.78, 5) is 6.82. The van der Waals surface area contributed by atoms with Crippen LogP contribution in [0.15, 0.2) is 18.2 Å². The third-order valence-electron chi connectivity index (χ3n) is 3.51. The molecule has 0 aromatic carbocycles. The summed E-state index contributed by atoms with van der Waals surface area (Å²) in [5, 5.41) is 0. The lowest BCUT2D eigenvalue weighted by Gasteiger charge is -2.30. The summed E-state index contributed by atoms with van der Waals surface area (Å²) in [7, 11) is 1.73. The maximum Gasteiger partial charge on any atom is 0.142 e. The van der Waals surface area contributed by atoms with Gasteiger partial charge in [0.1, 0.15) is 11.6 Å². The molecule has 1 atom stereocenters. The van der Waals surface area contributed by atoms with E-state index >= 15 is 0 Å². The normalized spacial score (nSPS) is 16.4. The molecule has 18 heavy (non-hydrogen) atoms. The number of nitrogens with zero attached hydrogens (tertiary/aromatic N) is 2. The Labute approximate surface area is 108 Å². The molecule has 1 aliphatic carbocycles. The van der Waals surface area contributed by atoms with Crippen LogP contribution in [-0.2, 0) is 4.74 Å². The van der Waals surface area contributed by atoms with Crippen molar-refractivity contribution in [3.8, 4) is 0 Å². The van der Waals surface area contributed by atoms with Crippen LogP contribution in [0.3, 0.4) is 0 Å². The van der Waals surface area contributed by atoms with Crippen LogP contribution in [0.2, 0.25) is 0 Å². The number of nitrogen functional groups attached to an aromatic ring is 1. The molecule has 0 radical (unpaired) electrons. The quantitative estimate of drug-likeness (QED) is 0.568. The number of nitrogens with two attached hydrogens (primary N) is 1. The summed E-state index contributed by atoms with van der Waals surface area (Å²) < 4.78 is 5.19. The Bertz CT molecular complexity index is 381. The summed E-state index contributed by atoms with van der Waals surface area (Å²) >= 11 is 0. The van der Waals surface area contributed by atoms with Gasteiger partial charge in [-0.3, -0.25) is 0 Å². The molecule has 1 aromatic rings. The van der Waals surface area contributed by atoms with E-state index < -0.39 is 0 Å². The average molecular weight is 250 g/mol. The molecule has 0 saturated heterocycles. The van der Waals surface area contributed by atoms with Crippen LogP contribution in [-0.4, -0.2) is 31.3 Å². The Kier molecular flexibility index (Phi) is 4.38. The second kappa shape index (κ2) is 6.02. The second-order valence-corrected chi connectivity index (χ2v) is 4.79. The van der Waals surface area contributed by atoms with Crippen LogP contribution in [0.1, 0.15) is 19.8 Å². The van der Waals surface area contributed by atoms with Gasteiger partial charge in [-0.05, 0) is 37.8 Å². The van der Waals surface area contributed by atoms with Crippen LogP contribution in [0, 0.1) is 5.92 Å². The van der Waals surface area contributed by atoms with Crippen molar-refractivity contribution in [3.63, 3.8) is 0 Å². The molecule has 1 unspecified atom stereocenters. The molecule has 0 spiro atoms. The Balaban J connectivity index is 2.14. The minimum atomic E-state index is 0.501. The number of pyridine rings is 1. The fourth-order valence-electron chi connectivity index (χ4n) is 2.21. The predicted molar refractivity (Wildman–Crippen MR) is 73.5 cm³/mol. The van der Waals surface area contributed by atoms with Crippen molar-refractivity contribution in [2.45, 2.75) is 25.8 Å². The highest BCUT2D eigenvalue weighted by molar-refractivity contribution is 5.47. The van der Waals surface area contributed by atoms with Gasteiger partial charge in [0.25, 0.3) is 0 Å². The highest BCUT2D eigenvalue weighted by atomic mass is 16.5. The number of anilines is 2. The first-order valence-electron chi connectivity index (χ1n) is 6.45. The van der Waals surface area contributed by atoms with E-state index in [0.717, 1.165) is 18.3 Å². The topological polar surface area (TPSA) is 63.4 Å². The zero-order chi connectivity index (χ0) is 13.0. The van der Waals surface area contributed by atoms with E-state index in [4.69, 9.17) is 10.6 Å². The van der Waals surface area contributed by atoms with Crippen LogP contribution >= 0.6 is 0 Å². The second-order valence-electron chi connectivity index (χ2n) is 4.79. The molecule has 5 nitrogen and oxygen atoms in total. The minimum Gasteiger partial charge on any atom is -0.383 e. The molecule has 1 saturated carbocycles. The summed E-state index contributed by atoms with van der Waals surface area (Å²) in [6.07, 6.45) is 2.64. The van der Waals surface area contributed by atoms with Gasteiger partial charge in [-0.25, -0.2) is 10.8 Å². The summed E-state index contributed by atoms with van der Waals surface area (Å²) in [6.45, 7) is 3.83. The lowest BCUT2D eigenvalue weighted by atomic mass is 10.2. The van der Waals surface area contributed by atoms with Crippen LogP contribution in [0.4, 0.5) is 11.6 Å². The van der Waals surface area contributed by atoms with Gasteiger partial charge in [0, 0.05) is 19.7 Å². The summed E-state index contributed by atoms with van der Waals surface area (Å²) in [5.41, 5.74) is 2.59. The number of rotatable bonds is 7. The van der Waals surface area contributed by atoms with Crippen LogP contribution < -0.4 is 16.2 Å². The first-order valence-corrected chi connectivity index (χ1v) is 6.45. The standard InChI is InChI=1S/C13H22N4O/c1-10(11-6-7-11)17(8-9-18-2)13-5-3-4-12(15-13)16-14/h3-5,10-11H,6-9,14H2,1-2H3,(H,15,16). The molecule has 3 N–H and O–H groups in total. The van der Waals surface area contributed by atoms with Crippen molar-refractivity contribution in [3.05, 3.63) is 18.2 Å². The molecular weight excluding hydrogens is 228 g/mol. The largest absolute Gasteiger partial charge is 0.383 e. The lowest BCUT2D eigenvalue weighted by molar-refractivity contribution is 0.202. The third kappa shape index (κ3) is 3.11. The van der Waals surface area contributed by atoms with Crippen molar-refractivity contribution in [2.75, 3.05) is 30.6 Å². The van der Waals surface area contributed by atoms with Gasteiger partial charge in [-0.2, -0.15) is 0 Å². The number of nitrogens with one attached hydrogen (secondary N) is 1. The first-order chi connectivity index (χ1) is 8.76. The number of aromatic nitrogens is 1. The van der Waals surface area contributed by atoms with E-state index in [1.165, 1.54) is 12.8 Å². The zero-order valence-corrected chi connectivity index (χ0v) is 11.1. The zero-order valence-electron chi connectivity index (χ0n) is 11.1. The van der Waals surface area contributed by atoms with Crippen molar-refractivity contribution in [2.24, 2.45) is 11.8 Å². The van der Waals surface area contributed by atoms with Gasteiger partial charge in [0.05, 0.1) is 6.61 Å². The number of hydrogen-bond acceptors (Lipinski definition) is 5. The number of ether oxygens (including phenoxy) is 1. The van der Waals surface area contributed by atoms with E-state index in [1.54, 1.807) is 7.11 Å². The molecule has 5 heteroatoms. The van der Waals surface area contributed by atoms with E-state index in [-0.39, 0.29) is 0 Å². The van der Waals surface area contributed by atoms with Crippen LogP contribution in [0.5, 0.6) is 0 Å². The van der Waals surface area contributed by atoms with Gasteiger partial charge >= 0.3 is 0 Å². The molecule has 1 aliphatic rings. The lowest BCUT2D eigenvalue weighted by Crippen LogP contribution is -2.38. The first kappa shape index (κ1) is 13.1. The summed E-state index contributed by atoms with van der Waals surface area (Å²) in [5.74, 6) is 7.85. The van der Waals surface area contributed by atoms with Gasteiger partial charge in [-0.15, -0.1) is 0 Å². The average Bonchev–Trinajstić information content (AvgIpc) is 3.23. The van der Waals surface area contributed by atoms with Crippen molar-refractivity contribution in [1.82, 2.24) is 4.98 Å². The predicted octanol–water partition coefficient (Wildman–Crippen LogP) is 1.62. The maximum atomic E-state index is 5.41. The molecule has 100 valence electrons. The monoisotopic (exact) mass is 250 g/mol. The van der Waals surface area contributed by atoms with E-state index in [2.05, 4.69) is 22.2 Å². The molecule has 0 amide bonds. The number of hydrogen-bond donors (Lipinski definition) is 2. The highest BCUT2D eigenvalue weighted by Crippen LogP contribution is 2.36. The van der Waals surface area contributed by atoms with Crippen LogP contribution in [0.25, 0.3) is 0 Å². The fraction of sp³-hybridized carbons (Fsp3) is 0.615. The molecule has 1 heterocycles. The van der Waals surface area contributed by atoms with Gasteiger partial charge in [0.15, 0.2) is 0 Å². The highest BCUT2D eigenvalue weighted by Gasteiger charge is 2.32. The molecule has 1 fully saturated rings. The summed E-state index contributed by atoms with van der Waals surface area (Å²) in [6, 6.07) is 6.35. The number of methoxy groups -OCH3 is 1. The number of hydrazine groups is 1. The van der Waals surface area contributed by atoms with E-state index in [9.17, 15) is 0 Å². The molecule has 0 bridgehead atoms. The van der Waals surface area contributed by atoms with E-state index in [1.807, 2.05) is 18.2 Å². The van der Waals surface area contributed by atoms with E-state index in [0.29, 0.717) is 18.5 Å². The Hall–Kier alpha value is -1.33. The van der Waals surface area contributed by atoms with Gasteiger partial charge in [0.2, 0.25) is 0 Å². The minimum absolute atomic E-state index is 0.501. The molecule has 1 aromatic heterocycles. The van der Waals surface area contributed by atoms with Crippen molar-refractivity contribution < 1.29 is 4.74 Å². The Morgan fingerprint density at radius 2 is 2.33 bits per heavy atom. The fourth-order valence-corrected chi connectivity index (χ4v) is 2.21. The maximum absolute atomic E-state index is 5.41. The Morgan fingerprint density at radius 1 is 1.56 bits per heavy atom. The molecular formula is C13H22N4O. The molecule has 0 aliphatic heterocycles. The van der Waals surface area contributed by atoms with Crippen molar-refractivity contribution in [1.29, 1.82) is 0 Å². The Morgan fingerprint density at radius 3 is 2.94 bits per heavy atom. The SMILES string of the molecule is COCCN(c1cccc(NN)n1)C(C)C1CC1. The van der Waals surface area contributed by atoms with Gasteiger partial charge in [-0.1, -0.05) is 6.07 Å². The molecule has 2 rings (SSSR count). The smallest absolute Gasteiger partial charge is 0.142 e. The van der Waals surface area contributed by atoms with Gasteiger partial charge < -0.3 is 15.1 Å².